The number of pyridine rings is 1. The average Bonchev–Trinajstić information content (AvgIpc) is 3.16. The Morgan fingerprint density at radius 3 is 2.93 bits per heavy atom. The highest BCUT2D eigenvalue weighted by Gasteiger charge is 2.37. The van der Waals surface area contributed by atoms with Gasteiger partial charge in [-0.3, -0.25) is 4.79 Å². The van der Waals surface area contributed by atoms with Gasteiger partial charge in [-0.1, -0.05) is 17.3 Å². The highest BCUT2D eigenvalue weighted by atomic mass is 16.5. The molecule has 0 aliphatic carbocycles. The zero-order valence-electron chi connectivity index (χ0n) is 15.8. The lowest BCUT2D eigenvalue weighted by molar-refractivity contribution is -0.120. The lowest BCUT2D eigenvalue weighted by Gasteiger charge is -2.27. The lowest BCUT2D eigenvalue weighted by Crippen LogP contribution is -2.36. The highest BCUT2D eigenvalue weighted by molar-refractivity contribution is 6.47. The van der Waals surface area contributed by atoms with Gasteiger partial charge in [-0.05, 0) is 30.2 Å². The van der Waals surface area contributed by atoms with Crippen molar-refractivity contribution in [2.45, 2.75) is 25.2 Å². The van der Waals surface area contributed by atoms with E-state index >= 15 is 0 Å². The lowest BCUT2D eigenvalue weighted by atomic mass is 9.64. The number of hydrogen-bond donors (Lipinski definition) is 3. The van der Waals surface area contributed by atoms with Gasteiger partial charge in [-0.25, -0.2) is 14.5 Å². The van der Waals surface area contributed by atoms with Gasteiger partial charge in [0.15, 0.2) is 5.78 Å². The summed E-state index contributed by atoms with van der Waals surface area (Å²) in [4.78, 5) is 27.8. The van der Waals surface area contributed by atoms with Crippen LogP contribution >= 0.6 is 0 Å². The Morgan fingerprint density at radius 1 is 1.33 bits per heavy atom. The molecular formula is C19H18BN5O5. The minimum absolute atomic E-state index is 0.0109. The molecular weight excluding hydrogens is 389 g/mol. The summed E-state index contributed by atoms with van der Waals surface area (Å²) < 4.78 is 6.85. The predicted molar refractivity (Wildman–Crippen MR) is 107 cm³/mol. The number of aromatic carboxylic acids is 1. The van der Waals surface area contributed by atoms with Crippen molar-refractivity contribution in [1.29, 1.82) is 0 Å². The number of nitrogen functional groups attached to an aromatic ring is 1. The van der Waals surface area contributed by atoms with Crippen LogP contribution in [0.3, 0.4) is 0 Å². The number of nitrogens with two attached hydrogens (primary N) is 1. The summed E-state index contributed by atoms with van der Waals surface area (Å²) in [5.74, 6) is -1.27. The number of carbonyl (C=O) groups excluding carboxylic acids is 1. The Kier molecular flexibility index (Phi) is 5.19. The molecule has 1 atom stereocenters. The van der Waals surface area contributed by atoms with Crippen LogP contribution in [0.25, 0.3) is 11.3 Å². The number of ketones is 1. The Labute approximate surface area is 171 Å². The number of benzene rings is 1. The molecule has 4 N–H and O–H groups in total. The van der Waals surface area contributed by atoms with E-state index in [1.807, 2.05) is 0 Å². The molecule has 30 heavy (non-hydrogen) atoms. The molecule has 11 heteroatoms. The van der Waals surface area contributed by atoms with E-state index in [0.717, 1.165) is 5.56 Å². The fraction of sp³-hybridized carbons (Fsp3) is 0.211. The van der Waals surface area contributed by atoms with Crippen molar-refractivity contribution in [3.05, 3.63) is 53.9 Å². The molecule has 0 spiro atoms. The fourth-order valence-electron chi connectivity index (χ4n) is 3.48. The maximum absolute atomic E-state index is 12.5. The summed E-state index contributed by atoms with van der Waals surface area (Å²) in [5, 5.41) is 27.6. The van der Waals surface area contributed by atoms with Crippen molar-refractivity contribution < 1.29 is 24.4 Å². The smallest absolute Gasteiger partial charge is 0.526 e. The molecule has 1 aliphatic rings. The number of carbonyl (C=O) groups is 2. The van der Waals surface area contributed by atoms with E-state index in [-0.39, 0.29) is 30.1 Å². The first-order chi connectivity index (χ1) is 14.4. The molecule has 0 fully saturated rings. The van der Waals surface area contributed by atoms with E-state index in [9.17, 15) is 19.7 Å². The van der Waals surface area contributed by atoms with Gasteiger partial charge >= 0.3 is 13.1 Å². The van der Waals surface area contributed by atoms with Gasteiger partial charge in [-0.2, -0.15) is 0 Å². The third-order valence-electron chi connectivity index (χ3n) is 4.89. The summed E-state index contributed by atoms with van der Waals surface area (Å²) >= 11 is 0. The first-order valence-electron chi connectivity index (χ1n) is 9.24. The van der Waals surface area contributed by atoms with Gasteiger partial charge in [0, 0.05) is 24.0 Å². The van der Waals surface area contributed by atoms with Crippen molar-refractivity contribution >= 4 is 24.7 Å². The van der Waals surface area contributed by atoms with Crippen molar-refractivity contribution in [2.24, 2.45) is 0 Å². The van der Waals surface area contributed by atoms with Gasteiger partial charge in [0.25, 0.3) is 0 Å². The first kappa shape index (κ1) is 19.6. The van der Waals surface area contributed by atoms with Crippen molar-refractivity contribution in [1.82, 2.24) is 20.0 Å². The largest absolute Gasteiger partial charge is 0.535 e. The van der Waals surface area contributed by atoms with Crippen LogP contribution in [-0.2, 0) is 17.8 Å². The van der Waals surface area contributed by atoms with E-state index in [4.69, 9.17) is 10.4 Å². The number of fused-ring (bicyclic) bond motifs is 1. The zero-order chi connectivity index (χ0) is 21.3. The van der Waals surface area contributed by atoms with Crippen molar-refractivity contribution in [3.8, 4) is 17.0 Å². The highest BCUT2D eigenvalue weighted by Crippen LogP contribution is 2.36. The third-order valence-corrected chi connectivity index (χ3v) is 4.89. The molecule has 10 nitrogen and oxygen atoms in total. The van der Waals surface area contributed by atoms with Crippen molar-refractivity contribution in [3.63, 3.8) is 0 Å². The summed E-state index contributed by atoms with van der Waals surface area (Å²) in [5.41, 5.74) is 7.61. The molecule has 0 saturated heterocycles. The minimum atomic E-state index is -1.27. The Hall–Kier alpha value is -3.73. The Balaban J connectivity index is 1.42. The summed E-state index contributed by atoms with van der Waals surface area (Å²) in [6.07, 6.45) is 3.58. The molecule has 4 rings (SSSR count). The van der Waals surface area contributed by atoms with Gasteiger partial charge in [0.2, 0.25) is 0 Å². The average molecular weight is 407 g/mol. The molecule has 0 bridgehead atoms. The quantitative estimate of drug-likeness (QED) is 0.509. The van der Waals surface area contributed by atoms with Gasteiger partial charge in [-0.15, -0.1) is 5.10 Å². The van der Waals surface area contributed by atoms with E-state index in [1.165, 1.54) is 10.7 Å². The first-order valence-corrected chi connectivity index (χ1v) is 9.24. The molecule has 1 aromatic carbocycles. The van der Waals surface area contributed by atoms with Gasteiger partial charge in [0.1, 0.15) is 23.8 Å². The maximum Gasteiger partial charge on any atom is 0.526 e. The monoisotopic (exact) mass is 407 g/mol. The molecule has 0 saturated carbocycles. The van der Waals surface area contributed by atoms with Gasteiger partial charge in [0.05, 0.1) is 11.8 Å². The second-order valence-electron chi connectivity index (χ2n) is 7.09. The number of carboxylic acids is 1. The van der Waals surface area contributed by atoms with Gasteiger partial charge < -0.3 is 20.5 Å². The molecule has 0 radical (unpaired) electrons. The number of aromatic nitrogens is 4. The standard InChI is InChI=1S/C19H18BN5O5/c21-17-7-11(4-5-22-17)16-10-25(24-23-16)9-14(26)8-13-6-12-2-1-3-15(19(27)28)18(12)30-20(13)29/h1-5,7,10,13,29H,6,8-9H2,(H2,21,22)(H,27,28)/t13-/m1/s1. The number of carboxylic acid groups (broad SMARTS) is 1. The van der Waals surface area contributed by atoms with E-state index in [0.29, 0.717) is 23.5 Å². The van der Waals surface area contributed by atoms with Crippen LogP contribution in [-0.4, -0.2) is 49.0 Å². The normalized spacial score (nSPS) is 15.4. The number of hydrogen-bond acceptors (Lipinski definition) is 8. The van der Waals surface area contributed by atoms with Crippen LogP contribution in [0, 0.1) is 0 Å². The number of rotatable bonds is 6. The second kappa shape index (κ2) is 7.95. The third kappa shape index (κ3) is 4.01. The zero-order valence-corrected chi connectivity index (χ0v) is 15.8. The predicted octanol–water partition coefficient (Wildman–Crippen LogP) is 1.07. The van der Waals surface area contributed by atoms with E-state index in [1.54, 1.807) is 36.7 Å². The number of nitrogens with zero attached hydrogens (tertiary/aromatic N) is 4. The molecule has 0 amide bonds. The summed E-state index contributed by atoms with van der Waals surface area (Å²) in [6, 6.07) is 8.16. The number of Topliss-reactive ketones (excluding diaryl/α,β-unsaturated/α-hetero) is 1. The number of para-hydroxylation sites is 1. The minimum Gasteiger partial charge on any atom is -0.535 e. The van der Waals surface area contributed by atoms with Crippen LogP contribution in [0.2, 0.25) is 5.82 Å². The topological polar surface area (TPSA) is 153 Å². The number of anilines is 1. The molecule has 1 aliphatic heterocycles. The summed E-state index contributed by atoms with van der Waals surface area (Å²) in [6.45, 7) is -0.0151. The summed E-state index contributed by atoms with van der Waals surface area (Å²) in [7, 11) is -1.27. The molecule has 0 unspecified atom stereocenters. The van der Waals surface area contributed by atoms with E-state index in [2.05, 4.69) is 15.3 Å². The second-order valence-corrected chi connectivity index (χ2v) is 7.09. The molecule has 2 aromatic heterocycles. The van der Waals surface area contributed by atoms with Crippen LogP contribution in [0.15, 0.2) is 42.7 Å². The van der Waals surface area contributed by atoms with Crippen LogP contribution in [0.1, 0.15) is 22.3 Å². The van der Waals surface area contributed by atoms with Crippen LogP contribution < -0.4 is 10.4 Å². The molecule has 3 aromatic rings. The fourth-order valence-corrected chi connectivity index (χ4v) is 3.48. The Morgan fingerprint density at radius 2 is 2.17 bits per heavy atom. The maximum atomic E-state index is 12.5. The van der Waals surface area contributed by atoms with Crippen LogP contribution in [0.4, 0.5) is 5.82 Å². The van der Waals surface area contributed by atoms with E-state index < -0.39 is 18.9 Å². The molecule has 152 valence electrons. The molecule has 3 heterocycles. The Bertz CT molecular complexity index is 1120. The SMILES string of the molecule is Nc1cc(-c2cn(CC(=O)C[C@H]3Cc4cccc(C(=O)O)c4OB3O)nn2)ccn1. The van der Waals surface area contributed by atoms with Crippen molar-refractivity contribution in [2.75, 3.05) is 5.73 Å². The van der Waals surface area contributed by atoms with Crippen LogP contribution in [0.5, 0.6) is 5.75 Å².